The van der Waals surface area contributed by atoms with Crippen LogP contribution in [0.4, 0.5) is 5.95 Å². The smallest absolute Gasteiger partial charge is 0.332 e. The Morgan fingerprint density at radius 2 is 1.79 bits per heavy atom. The molecule has 0 spiro atoms. The van der Waals surface area contributed by atoms with Crippen molar-refractivity contribution in [3.05, 3.63) is 45.1 Å². The van der Waals surface area contributed by atoms with Gasteiger partial charge in [-0.3, -0.25) is 13.9 Å². The minimum atomic E-state index is -0.370. The third-order valence-electron chi connectivity index (χ3n) is 6.29. The summed E-state index contributed by atoms with van der Waals surface area (Å²) >= 11 is 1.50. The fourth-order valence-corrected chi connectivity index (χ4v) is 5.61. The van der Waals surface area contributed by atoms with Crippen molar-refractivity contribution in [1.29, 1.82) is 0 Å². The molecule has 4 aromatic rings. The van der Waals surface area contributed by atoms with Gasteiger partial charge in [0.05, 0.1) is 0 Å². The van der Waals surface area contributed by atoms with E-state index in [9.17, 15) is 9.59 Å². The summed E-state index contributed by atoms with van der Waals surface area (Å²) in [6.07, 6.45) is 1.17. The second-order valence-electron chi connectivity index (χ2n) is 9.09. The number of aryl methyl sites for hydroxylation is 2. The Hall–Kier alpha value is -3.01. The van der Waals surface area contributed by atoms with E-state index in [0.717, 1.165) is 34.7 Å². The van der Waals surface area contributed by atoms with Crippen LogP contribution in [0.1, 0.15) is 20.3 Å². The molecule has 33 heavy (non-hydrogen) atoms. The molecule has 1 fully saturated rings. The molecule has 0 unspecified atom stereocenters. The molecular weight excluding hydrogens is 440 g/mol. The third-order valence-corrected chi connectivity index (χ3v) is 7.10. The van der Waals surface area contributed by atoms with Crippen LogP contribution in [-0.4, -0.2) is 42.5 Å². The minimum Gasteiger partial charge on any atom is -0.431 e. The molecule has 174 valence electrons. The average Bonchev–Trinajstić information content (AvgIpc) is 3.37. The van der Waals surface area contributed by atoms with Crippen molar-refractivity contribution >= 4 is 40.0 Å². The van der Waals surface area contributed by atoms with E-state index in [0.29, 0.717) is 40.5 Å². The average molecular weight is 469 g/mol. The molecule has 2 atom stereocenters. The predicted molar refractivity (Wildman–Crippen MR) is 130 cm³/mol. The van der Waals surface area contributed by atoms with E-state index in [2.05, 4.69) is 23.7 Å². The fraction of sp³-hybridized carbons (Fsp3) is 0.478. The topological polar surface area (TPSA) is 91.1 Å². The van der Waals surface area contributed by atoms with Crippen LogP contribution in [-0.2, 0) is 20.6 Å². The van der Waals surface area contributed by atoms with E-state index in [-0.39, 0.29) is 11.2 Å². The summed E-state index contributed by atoms with van der Waals surface area (Å²) in [5.41, 5.74) is 1.78. The number of aromatic nitrogens is 5. The summed E-state index contributed by atoms with van der Waals surface area (Å²) in [5, 5.41) is 0.600. The Balaban J connectivity index is 1.53. The molecule has 1 saturated heterocycles. The summed E-state index contributed by atoms with van der Waals surface area (Å²) in [5.74, 6) is 2.46. The maximum atomic E-state index is 13.1. The van der Waals surface area contributed by atoms with Gasteiger partial charge in [0, 0.05) is 39.5 Å². The van der Waals surface area contributed by atoms with Crippen molar-refractivity contribution in [2.75, 3.05) is 23.7 Å². The molecule has 0 N–H and O–H groups in total. The first-order valence-electron chi connectivity index (χ1n) is 11.2. The van der Waals surface area contributed by atoms with Crippen LogP contribution in [0.5, 0.6) is 0 Å². The van der Waals surface area contributed by atoms with Gasteiger partial charge in [-0.2, -0.15) is 4.98 Å². The van der Waals surface area contributed by atoms with Gasteiger partial charge in [-0.1, -0.05) is 37.7 Å². The first-order valence-corrected chi connectivity index (χ1v) is 12.2. The van der Waals surface area contributed by atoms with Crippen LogP contribution in [0, 0.1) is 11.8 Å². The number of fused-ring (bicyclic) bond motifs is 2. The van der Waals surface area contributed by atoms with Crippen LogP contribution in [0.15, 0.2) is 43.5 Å². The van der Waals surface area contributed by atoms with E-state index < -0.39 is 0 Å². The summed E-state index contributed by atoms with van der Waals surface area (Å²) in [6.45, 7) is 6.78. The lowest BCUT2D eigenvalue weighted by molar-refractivity contribution is 0.352. The Kier molecular flexibility index (Phi) is 5.55. The standard InChI is InChI=1S/C23H28N6O3S/c1-14-11-15(2)13-28(12-14)21-25-19-18(20(30)27(4)23(31)26(19)3)29(21)9-10-33-22-24-16-7-5-6-8-17(16)32-22/h5-8,14-15H,9-13H2,1-4H3/t14-,15+. The predicted octanol–water partition coefficient (Wildman–Crippen LogP) is 2.85. The van der Waals surface area contributed by atoms with E-state index in [1.807, 2.05) is 28.8 Å². The number of oxazole rings is 1. The number of hydrogen-bond acceptors (Lipinski definition) is 7. The van der Waals surface area contributed by atoms with Gasteiger partial charge in [-0.25, -0.2) is 9.78 Å². The van der Waals surface area contributed by atoms with Crippen molar-refractivity contribution in [1.82, 2.24) is 23.7 Å². The highest BCUT2D eigenvalue weighted by Gasteiger charge is 2.28. The number of thioether (sulfide) groups is 1. The normalized spacial score (nSPS) is 19.1. The molecule has 5 rings (SSSR count). The van der Waals surface area contributed by atoms with Crippen molar-refractivity contribution in [2.24, 2.45) is 25.9 Å². The van der Waals surface area contributed by atoms with Crippen LogP contribution < -0.4 is 16.1 Å². The molecule has 0 amide bonds. The number of benzene rings is 1. The van der Waals surface area contributed by atoms with Crippen LogP contribution in [0.2, 0.25) is 0 Å². The molecule has 0 radical (unpaired) electrons. The molecule has 4 heterocycles. The minimum absolute atomic E-state index is 0.322. The fourth-order valence-electron chi connectivity index (χ4n) is 4.85. The maximum absolute atomic E-state index is 13.1. The second kappa shape index (κ2) is 8.40. The zero-order chi connectivity index (χ0) is 23.3. The third kappa shape index (κ3) is 3.86. The summed E-state index contributed by atoms with van der Waals surface area (Å²) in [7, 11) is 3.18. The van der Waals surface area contributed by atoms with Crippen molar-refractivity contribution < 1.29 is 4.42 Å². The molecule has 0 aliphatic carbocycles. The van der Waals surface area contributed by atoms with Gasteiger partial charge in [-0.05, 0) is 30.4 Å². The molecule has 1 aliphatic heterocycles. The number of rotatable bonds is 5. The number of nitrogens with zero attached hydrogens (tertiary/aromatic N) is 6. The lowest BCUT2D eigenvalue weighted by Gasteiger charge is -2.35. The number of para-hydroxylation sites is 2. The van der Waals surface area contributed by atoms with Crippen LogP contribution in [0.25, 0.3) is 22.3 Å². The molecule has 1 aromatic carbocycles. The summed E-state index contributed by atoms with van der Waals surface area (Å²) in [4.78, 5) is 37.3. The SMILES string of the molecule is C[C@@H]1C[C@H](C)CN(c2nc3c(c(=O)n(C)c(=O)n3C)n2CCSc2nc3ccccc3o2)C1. The zero-order valence-electron chi connectivity index (χ0n) is 19.3. The van der Waals surface area contributed by atoms with Gasteiger partial charge in [0.2, 0.25) is 5.95 Å². The first-order chi connectivity index (χ1) is 15.8. The van der Waals surface area contributed by atoms with Gasteiger partial charge in [0.15, 0.2) is 16.7 Å². The molecular formula is C23H28N6O3S. The Bertz CT molecular complexity index is 1410. The first kappa shape index (κ1) is 21.8. The monoisotopic (exact) mass is 468 g/mol. The Morgan fingerprint density at radius 1 is 1.06 bits per heavy atom. The van der Waals surface area contributed by atoms with Gasteiger partial charge in [0.1, 0.15) is 5.52 Å². The molecule has 3 aromatic heterocycles. The van der Waals surface area contributed by atoms with Gasteiger partial charge < -0.3 is 13.9 Å². The highest BCUT2D eigenvalue weighted by atomic mass is 32.2. The van der Waals surface area contributed by atoms with E-state index in [1.54, 1.807) is 7.05 Å². The van der Waals surface area contributed by atoms with E-state index in [4.69, 9.17) is 9.40 Å². The Labute approximate surface area is 195 Å². The lowest BCUT2D eigenvalue weighted by Crippen LogP contribution is -2.40. The summed E-state index contributed by atoms with van der Waals surface area (Å²) < 4.78 is 10.4. The van der Waals surface area contributed by atoms with Crippen LogP contribution >= 0.6 is 11.8 Å². The molecule has 10 heteroatoms. The van der Waals surface area contributed by atoms with Gasteiger partial charge >= 0.3 is 5.69 Å². The van der Waals surface area contributed by atoms with Gasteiger partial charge in [0.25, 0.3) is 10.8 Å². The molecule has 0 saturated carbocycles. The number of anilines is 1. The molecule has 0 bridgehead atoms. The Morgan fingerprint density at radius 3 is 2.52 bits per heavy atom. The number of piperidine rings is 1. The quantitative estimate of drug-likeness (QED) is 0.416. The van der Waals surface area contributed by atoms with Crippen molar-refractivity contribution in [2.45, 2.75) is 32.0 Å². The van der Waals surface area contributed by atoms with E-state index >= 15 is 0 Å². The number of imidazole rings is 1. The lowest BCUT2D eigenvalue weighted by atomic mass is 9.92. The highest BCUT2D eigenvalue weighted by molar-refractivity contribution is 7.99. The second-order valence-corrected chi connectivity index (χ2v) is 10.1. The van der Waals surface area contributed by atoms with Crippen LogP contribution in [0.3, 0.4) is 0 Å². The number of hydrogen-bond donors (Lipinski definition) is 0. The molecule has 1 aliphatic rings. The van der Waals surface area contributed by atoms with Gasteiger partial charge in [-0.15, -0.1) is 0 Å². The largest absolute Gasteiger partial charge is 0.431 e. The van der Waals surface area contributed by atoms with E-state index in [1.165, 1.54) is 29.8 Å². The zero-order valence-corrected chi connectivity index (χ0v) is 20.1. The highest BCUT2D eigenvalue weighted by Crippen LogP contribution is 2.29. The molecule has 9 nitrogen and oxygen atoms in total. The summed E-state index contributed by atoms with van der Waals surface area (Å²) in [6, 6.07) is 7.68. The van der Waals surface area contributed by atoms with Crippen molar-refractivity contribution in [3.8, 4) is 0 Å². The van der Waals surface area contributed by atoms with Crippen molar-refractivity contribution in [3.63, 3.8) is 0 Å². The maximum Gasteiger partial charge on any atom is 0.332 e.